The molecule has 3 rings (SSSR count). The van der Waals surface area contributed by atoms with E-state index in [1.165, 1.54) is 0 Å². The zero-order chi connectivity index (χ0) is 23.1. The van der Waals surface area contributed by atoms with Crippen molar-refractivity contribution in [2.75, 3.05) is 7.11 Å². The summed E-state index contributed by atoms with van der Waals surface area (Å²) in [4.78, 5) is 18.1. The molecule has 0 spiro atoms. The highest BCUT2D eigenvalue weighted by Crippen LogP contribution is 2.26. The first-order valence-electron chi connectivity index (χ1n) is 10.5. The summed E-state index contributed by atoms with van der Waals surface area (Å²) in [6.45, 7) is 5.56. The van der Waals surface area contributed by atoms with Gasteiger partial charge in [-0.15, -0.1) is 0 Å². The van der Waals surface area contributed by atoms with Gasteiger partial charge in [0.1, 0.15) is 11.4 Å². The SMILES string of the molecule is COc1ccc(C[C@@H](N=C(c2ccccc2)c2ccccc2)C(=O)OC(C)(C)C)cc1Cl. The summed E-state index contributed by atoms with van der Waals surface area (Å²) in [7, 11) is 1.57. The lowest BCUT2D eigenvalue weighted by atomic mass is 10.0. The third kappa shape index (κ3) is 6.44. The summed E-state index contributed by atoms with van der Waals surface area (Å²) in [5, 5.41) is 0.489. The van der Waals surface area contributed by atoms with Crippen LogP contribution < -0.4 is 4.74 Å². The summed E-state index contributed by atoms with van der Waals surface area (Å²) in [5.41, 5.74) is 2.85. The summed E-state index contributed by atoms with van der Waals surface area (Å²) in [6, 6.07) is 24.4. The highest BCUT2D eigenvalue weighted by Gasteiger charge is 2.26. The number of methoxy groups -OCH3 is 1. The summed E-state index contributed by atoms with van der Waals surface area (Å²) < 4.78 is 11.0. The molecule has 0 aromatic heterocycles. The van der Waals surface area contributed by atoms with Crippen LogP contribution in [0.15, 0.2) is 83.9 Å². The number of carbonyl (C=O) groups is 1. The molecule has 5 heteroatoms. The first-order chi connectivity index (χ1) is 15.3. The Morgan fingerprint density at radius 1 is 0.938 bits per heavy atom. The van der Waals surface area contributed by atoms with E-state index >= 15 is 0 Å². The van der Waals surface area contributed by atoms with Gasteiger partial charge in [-0.25, -0.2) is 4.79 Å². The monoisotopic (exact) mass is 449 g/mol. The van der Waals surface area contributed by atoms with E-state index in [2.05, 4.69) is 0 Å². The lowest BCUT2D eigenvalue weighted by Gasteiger charge is -2.23. The number of hydrogen-bond donors (Lipinski definition) is 0. The predicted octanol–water partition coefficient (Wildman–Crippen LogP) is 6.14. The van der Waals surface area contributed by atoms with Crippen molar-refractivity contribution in [2.24, 2.45) is 4.99 Å². The third-order valence-corrected chi connectivity index (χ3v) is 5.00. The van der Waals surface area contributed by atoms with Crippen LogP contribution in [0.5, 0.6) is 5.75 Å². The zero-order valence-electron chi connectivity index (χ0n) is 18.8. The minimum absolute atomic E-state index is 0.349. The van der Waals surface area contributed by atoms with Gasteiger partial charge in [-0.2, -0.15) is 0 Å². The van der Waals surface area contributed by atoms with Crippen molar-refractivity contribution in [2.45, 2.75) is 38.8 Å². The van der Waals surface area contributed by atoms with Crippen LogP contribution >= 0.6 is 11.6 Å². The number of esters is 1. The van der Waals surface area contributed by atoms with Crippen molar-refractivity contribution < 1.29 is 14.3 Å². The molecule has 3 aromatic carbocycles. The summed E-state index contributed by atoms with van der Waals surface area (Å²) in [6.07, 6.45) is 0.349. The Morgan fingerprint density at radius 2 is 1.50 bits per heavy atom. The highest BCUT2D eigenvalue weighted by molar-refractivity contribution is 6.32. The third-order valence-electron chi connectivity index (χ3n) is 4.70. The van der Waals surface area contributed by atoms with E-state index in [0.29, 0.717) is 17.2 Å². The van der Waals surface area contributed by atoms with Gasteiger partial charge in [0.15, 0.2) is 6.04 Å². The van der Waals surface area contributed by atoms with Crippen LogP contribution in [0, 0.1) is 0 Å². The maximum absolute atomic E-state index is 13.2. The second-order valence-corrected chi connectivity index (χ2v) is 8.84. The number of hydrogen-bond acceptors (Lipinski definition) is 4. The minimum atomic E-state index is -0.742. The maximum Gasteiger partial charge on any atom is 0.331 e. The smallest absolute Gasteiger partial charge is 0.331 e. The summed E-state index contributed by atoms with van der Waals surface area (Å²) in [5.74, 6) is 0.204. The van der Waals surface area contributed by atoms with Crippen LogP contribution in [0.25, 0.3) is 0 Å². The Bertz CT molecular complexity index is 1030. The molecule has 0 aliphatic heterocycles. The van der Waals surface area contributed by atoms with Gasteiger partial charge in [0.25, 0.3) is 0 Å². The molecule has 0 saturated carbocycles. The van der Waals surface area contributed by atoms with Crippen molar-refractivity contribution in [1.29, 1.82) is 0 Å². The van der Waals surface area contributed by atoms with Crippen molar-refractivity contribution in [3.8, 4) is 5.75 Å². The molecule has 166 valence electrons. The average molecular weight is 450 g/mol. The van der Waals surface area contributed by atoms with E-state index < -0.39 is 11.6 Å². The van der Waals surface area contributed by atoms with E-state index in [9.17, 15) is 4.79 Å². The van der Waals surface area contributed by atoms with Gasteiger partial charge in [-0.1, -0.05) is 78.3 Å². The van der Waals surface area contributed by atoms with Gasteiger partial charge < -0.3 is 9.47 Å². The predicted molar refractivity (Wildman–Crippen MR) is 130 cm³/mol. The number of benzene rings is 3. The topological polar surface area (TPSA) is 47.9 Å². The Balaban J connectivity index is 2.06. The van der Waals surface area contributed by atoms with E-state index in [-0.39, 0.29) is 5.97 Å². The fraction of sp³-hybridized carbons (Fsp3) is 0.259. The van der Waals surface area contributed by atoms with Crippen LogP contribution in [0.2, 0.25) is 5.02 Å². The molecule has 0 radical (unpaired) electrons. The van der Waals surface area contributed by atoms with Gasteiger partial charge >= 0.3 is 5.97 Å². The molecule has 0 unspecified atom stereocenters. The molecule has 0 bridgehead atoms. The lowest BCUT2D eigenvalue weighted by Crippen LogP contribution is -2.33. The number of halogens is 1. The van der Waals surface area contributed by atoms with Crippen LogP contribution in [0.4, 0.5) is 0 Å². The Labute approximate surface area is 194 Å². The van der Waals surface area contributed by atoms with Crippen LogP contribution in [0.3, 0.4) is 0 Å². The van der Waals surface area contributed by atoms with Gasteiger partial charge in [0, 0.05) is 17.5 Å². The fourth-order valence-corrected chi connectivity index (χ4v) is 3.56. The highest BCUT2D eigenvalue weighted by atomic mass is 35.5. The minimum Gasteiger partial charge on any atom is -0.495 e. The molecule has 0 aliphatic rings. The Morgan fingerprint density at radius 3 is 1.97 bits per heavy atom. The second-order valence-electron chi connectivity index (χ2n) is 8.43. The van der Waals surface area contributed by atoms with Crippen LogP contribution in [-0.4, -0.2) is 30.4 Å². The van der Waals surface area contributed by atoms with Gasteiger partial charge in [0.05, 0.1) is 17.8 Å². The Kier molecular flexibility index (Phi) is 7.70. The first-order valence-corrected chi connectivity index (χ1v) is 10.9. The number of rotatable bonds is 7. The molecule has 4 nitrogen and oxygen atoms in total. The van der Waals surface area contributed by atoms with Gasteiger partial charge in [-0.3, -0.25) is 4.99 Å². The maximum atomic E-state index is 13.2. The summed E-state index contributed by atoms with van der Waals surface area (Å²) >= 11 is 6.32. The molecular weight excluding hydrogens is 422 g/mol. The lowest BCUT2D eigenvalue weighted by molar-refractivity contribution is -0.156. The molecule has 0 N–H and O–H groups in total. The van der Waals surface area contributed by atoms with Crippen LogP contribution in [-0.2, 0) is 16.0 Å². The number of nitrogens with zero attached hydrogens (tertiary/aromatic N) is 1. The molecule has 3 aromatic rings. The number of carbonyl (C=O) groups excluding carboxylic acids is 1. The van der Waals surface area contributed by atoms with E-state index in [0.717, 1.165) is 22.4 Å². The number of ether oxygens (including phenoxy) is 2. The van der Waals surface area contributed by atoms with Gasteiger partial charge in [-0.05, 0) is 38.5 Å². The van der Waals surface area contributed by atoms with Crippen molar-refractivity contribution in [1.82, 2.24) is 0 Å². The zero-order valence-corrected chi connectivity index (χ0v) is 19.6. The standard InChI is InChI=1S/C27H28ClNO3/c1-27(2,3)32-26(30)23(18-19-15-16-24(31-4)22(28)17-19)29-25(20-11-7-5-8-12-20)21-13-9-6-10-14-21/h5-17,23H,18H2,1-4H3/t23-/m1/s1. The second kappa shape index (κ2) is 10.5. The van der Waals surface area contributed by atoms with Crippen LogP contribution in [0.1, 0.15) is 37.5 Å². The molecule has 0 aliphatic carbocycles. The molecule has 0 saturated heterocycles. The first kappa shape index (κ1) is 23.6. The molecule has 0 fully saturated rings. The fourth-order valence-electron chi connectivity index (χ4n) is 3.28. The normalized spacial score (nSPS) is 12.0. The average Bonchev–Trinajstić information content (AvgIpc) is 2.76. The van der Waals surface area contributed by atoms with Crippen molar-refractivity contribution in [3.05, 3.63) is 101 Å². The van der Waals surface area contributed by atoms with Gasteiger partial charge in [0.2, 0.25) is 0 Å². The van der Waals surface area contributed by atoms with Crippen molar-refractivity contribution >= 4 is 23.3 Å². The van der Waals surface area contributed by atoms with E-state index in [4.69, 9.17) is 26.1 Å². The van der Waals surface area contributed by atoms with E-state index in [1.807, 2.05) is 87.5 Å². The number of aliphatic imine (C=N–C) groups is 1. The molecule has 0 heterocycles. The molecular formula is C27H28ClNO3. The van der Waals surface area contributed by atoms with E-state index in [1.54, 1.807) is 19.2 Å². The molecule has 0 amide bonds. The molecule has 1 atom stereocenters. The largest absolute Gasteiger partial charge is 0.495 e. The van der Waals surface area contributed by atoms with Crippen molar-refractivity contribution in [3.63, 3.8) is 0 Å². The molecule has 32 heavy (non-hydrogen) atoms. The quantitative estimate of drug-likeness (QED) is 0.321. The Hall–Kier alpha value is -3.11.